The highest BCUT2D eigenvalue weighted by Crippen LogP contribution is 2.14. The summed E-state index contributed by atoms with van der Waals surface area (Å²) in [4.78, 5) is 32.5. The zero-order chi connectivity index (χ0) is 19.6. The lowest BCUT2D eigenvalue weighted by Crippen LogP contribution is -2.29. The van der Waals surface area contributed by atoms with Crippen molar-refractivity contribution in [3.63, 3.8) is 0 Å². The summed E-state index contributed by atoms with van der Waals surface area (Å²) < 4.78 is 0. The van der Waals surface area contributed by atoms with Gasteiger partial charge in [-0.3, -0.25) is 24.5 Å². The van der Waals surface area contributed by atoms with Crippen LogP contribution in [-0.4, -0.2) is 34.0 Å². The zero-order valence-electron chi connectivity index (χ0n) is 14.9. The van der Waals surface area contributed by atoms with Gasteiger partial charge in [0, 0.05) is 12.6 Å². The monoisotopic (exact) mass is 367 g/mol. The van der Waals surface area contributed by atoms with Gasteiger partial charge < -0.3 is 11.5 Å². The van der Waals surface area contributed by atoms with Crippen LogP contribution in [-0.2, 0) is 9.59 Å². The summed E-state index contributed by atoms with van der Waals surface area (Å²) in [7, 11) is 0. The third-order valence-electron chi connectivity index (χ3n) is 3.60. The van der Waals surface area contributed by atoms with Crippen molar-refractivity contribution in [2.45, 2.75) is 26.2 Å². The largest absolute Gasteiger partial charge is 0.380 e. The molecule has 0 aliphatic heterocycles. The minimum atomic E-state index is -0.282. The molecule has 2 amide bonds. The number of rotatable bonds is 8. The Hall–Kier alpha value is -3.62. The Labute approximate surface area is 156 Å². The van der Waals surface area contributed by atoms with Gasteiger partial charge in [-0.15, -0.1) is 10.2 Å². The second-order valence-corrected chi connectivity index (χ2v) is 5.56. The fraction of sp³-hybridized carbons (Fsp3) is 0.222. The molecule has 0 aromatic carbocycles. The average Bonchev–Trinajstić information content (AvgIpc) is 2.71. The molecule has 0 fully saturated rings. The van der Waals surface area contributed by atoms with Crippen molar-refractivity contribution < 1.29 is 9.59 Å². The van der Waals surface area contributed by atoms with E-state index in [4.69, 9.17) is 11.5 Å². The van der Waals surface area contributed by atoms with Gasteiger partial charge in [-0.05, 0) is 30.7 Å². The minimum absolute atomic E-state index is 0.0374. The van der Waals surface area contributed by atoms with Crippen molar-refractivity contribution in [1.82, 2.24) is 9.97 Å². The van der Waals surface area contributed by atoms with E-state index in [0.29, 0.717) is 36.3 Å². The molecule has 4 N–H and O–H groups in total. The lowest BCUT2D eigenvalue weighted by Gasteiger charge is -2.15. The Kier molecular flexibility index (Phi) is 7.12. The average molecular weight is 367 g/mol. The second kappa shape index (κ2) is 9.76. The predicted molar refractivity (Wildman–Crippen MR) is 103 cm³/mol. The maximum absolute atomic E-state index is 12.0. The number of aromatic nitrogens is 2. The number of anilines is 1. The third kappa shape index (κ3) is 5.43. The van der Waals surface area contributed by atoms with Gasteiger partial charge in [0.2, 0.25) is 12.3 Å². The highest BCUT2D eigenvalue weighted by atomic mass is 16.2. The van der Waals surface area contributed by atoms with Crippen molar-refractivity contribution in [2.75, 3.05) is 4.90 Å². The minimum Gasteiger partial charge on any atom is -0.380 e. The van der Waals surface area contributed by atoms with Crippen molar-refractivity contribution in [3.8, 4) is 0 Å². The summed E-state index contributed by atoms with van der Waals surface area (Å²) in [6.07, 6.45) is 5.31. The van der Waals surface area contributed by atoms with Crippen molar-refractivity contribution in [2.24, 2.45) is 21.7 Å². The van der Waals surface area contributed by atoms with E-state index in [9.17, 15) is 9.59 Å². The first-order chi connectivity index (χ1) is 13.1. The van der Waals surface area contributed by atoms with Gasteiger partial charge >= 0.3 is 0 Å². The predicted octanol–water partition coefficient (Wildman–Crippen LogP) is 1.18. The van der Waals surface area contributed by atoms with Crippen LogP contribution in [0, 0.1) is 0 Å². The number of hydrogen-bond donors (Lipinski definition) is 2. The number of nitrogens with zero attached hydrogens (tertiary/aromatic N) is 5. The van der Waals surface area contributed by atoms with Crippen molar-refractivity contribution in [1.29, 1.82) is 0 Å². The van der Waals surface area contributed by atoms with E-state index in [1.165, 1.54) is 6.20 Å². The lowest BCUT2D eigenvalue weighted by atomic mass is 10.2. The van der Waals surface area contributed by atoms with Crippen LogP contribution in [0.2, 0.25) is 0 Å². The Morgan fingerprint density at radius 1 is 1.11 bits per heavy atom. The molecule has 2 aromatic rings. The van der Waals surface area contributed by atoms with Crippen LogP contribution in [0.4, 0.5) is 5.69 Å². The number of pyridine rings is 2. The van der Waals surface area contributed by atoms with Crippen LogP contribution in [0.1, 0.15) is 37.6 Å². The van der Waals surface area contributed by atoms with Gasteiger partial charge in [0.25, 0.3) is 0 Å². The number of unbranched alkanes of at least 4 members (excludes halogenated alkanes) is 1. The van der Waals surface area contributed by atoms with Gasteiger partial charge in [0.1, 0.15) is 11.4 Å². The van der Waals surface area contributed by atoms with E-state index >= 15 is 0 Å². The van der Waals surface area contributed by atoms with E-state index < -0.39 is 0 Å². The van der Waals surface area contributed by atoms with Gasteiger partial charge in [-0.2, -0.15) is 0 Å². The van der Waals surface area contributed by atoms with Crippen LogP contribution < -0.4 is 16.4 Å². The highest BCUT2D eigenvalue weighted by molar-refractivity contribution is 6.07. The summed E-state index contributed by atoms with van der Waals surface area (Å²) in [5, 5.41) is 7.69. The summed E-state index contributed by atoms with van der Waals surface area (Å²) in [5.41, 5.74) is 12.8. The molecule has 2 rings (SSSR count). The molecule has 0 saturated heterocycles. The number of nitrogens with two attached hydrogens (primary N) is 2. The maximum atomic E-state index is 12.0. The number of hydrogen-bond acceptors (Lipinski definition) is 6. The van der Waals surface area contributed by atoms with E-state index in [0.717, 1.165) is 11.3 Å². The molecule has 0 saturated carbocycles. The molecular weight excluding hydrogens is 346 g/mol. The summed E-state index contributed by atoms with van der Waals surface area (Å²) in [5.74, 6) is -0.130. The summed E-state index contributed by atoms with van der Waals surface area (Å²) >= 11 is 0. The maximum Gasteiger partial charge on any atom is 0.233 e. The molecule has 0 spiro atoms. The van der Waals surface area contributed by atoms with Crippen LogP contribution in [0.15, 0.2) is 52.9 Å². The molecular formula is C18H21N7O2. The molecule has 0 atom stereocenters. The number of carbonyl (C=O) groups excluding carboxylic acids is 2. The smallest absolute Gasteiger partial charge is 0.233 e. The molecule has 9 nitrogen and oxygen atoms in total. The molecule has 0 unspecified atom stereocenters. The quantitative estimate of drug-likeness (QED) is 0.311. The van der Waals surface area contributed by atoms with Crippen molar-refractivity contribution in [3.05, 3.63) is 54.1 Å². The topological polar surface area (TPSA) is 140 Å². The normalized spacial score (nSPS) is 11.9. The van der Waals surface area contributed by atoms with E-state index in [-0.39, 0.29) is 17.6 Å². The number of amidine groups is 2. The molecule has 0 bridgehead atoms. The SMILES string of the molecule is CCCCC(=O)N(C=O)c1ccc(/C(N)=N/N=C(\N)c2ccccn2)nc1. The van der Waals surface area contributed by atoms with Gasteiger partial charge in [0.15, 0.2) is 11.7 Å². The molecule has 2 aromatic heterocycles. The van der Waals surface area contributed by atoms with Crippen molar-refractivity contribution >= 4 is 29.7 Å². The first kappa shape index (κ1) is 19.7. The lowest BCUT2D eigenvalue weighted by molar-refractivity contribution is -0.122. The highest BCUT2D eigenvalue weighted by Gasteiger charge is 2.15. The van der Waals surface area contributed by atoms with Crippen LogP contribution in [0.5, 0.6) is 0 Å². The van der Waals surface area contributed by atoms with E-state index in [1.807, 2.05) is 6.92 Å². The van der Waals surface area contributed by atoms with Crippen LogP contribution in [0.3, 0.4) is 0 Å². The Balaban J connectivity index is 2.13. The number of carbonyl (C=O) groups is 2. The molecule has 0 aliphatic rings. The molecule has 9 heteroatoms. The van der Waals surface area contributed by atoms with E-state index in [1.54, 1.807) is 36.5 Å². The summed E-state index contributed by atoms with van der Waals surface area (Å²) in [6.45, 7) is 1.97. The first-order valence-electron chi connectivity index (χ1n) is 8.38. The van der Waals surface area contributed by atoms with Gasteiger partial charge in [-0.25, -0.2) is 0 Å². The second-order valence-electron chi connectivity index (χ2n) is 5.56. The van der Waals surface area contributed by atoms with Gasteiger partial charge in [0.05, 0.1) is 11.9 Å². The fourth-order valence-corrected chi connectivity index (χ4v) is 2.12. The molecule has 2 heterocycles. The standard InChI is InChI=1S/C18H21N7O2/c1-2-3-7-16(27)25(12-26)13-8-9-15(22-11-13)18(20)24-23-17(19)14-6-4-5-10-21-14/h4-6,8-12H,2-3,7H2,1H3,(H2,19,23)(H2,20,24). The van der Waals surface area contributed by atoms with Crippen LogP contribution >= 0.6 is 0 Å². The molecule has 0 radical (unpaired) electrons. The number of amides is 2. The Morgan fingerprint density at radius 3 is 2.33 bits per heavy atom. The Morgan fingerprint density at radius 2 is 1.81 bits per heavy atom. The van der Waals surface area contributed by atoms with E-state index in [2.05, 4.69) is 20.2 Å². The van der Waals surface area contributed by atoms with Crippen LogP contribution in [0.25, 0.3) is 0 Å². The first-order valence-corrected chi connectivity index (χ1v) is 8.38. The zero-order valence-corrected chi connectivity index (χ0v) is 14.9. The van der Waals surface area contributed by atoms with Gasteiger partial charge in [-0.1, -0.05) is 19.4 Å². The Bertz CT molecular complexity index is 833. The number of imide groups is 1. The molecule has 27 heavy (non-hydrogen) atoms. The third-order valence-corrected chi connectivity index (χ3v) is 3.60. The fourth-order valence-electron chi connectivity index (χ4n) is 2.12. The molecule has 0 aliphatic carbocycles. The summed E-state index contributed by atoms with van der Waals surface area (Å²) in [6, 6.07) is 8.34. The molecule has 140 valence electrons.